The molecule has 4 heteroatoms. The number of rotatable bonds is 4. The van der Waals surface area contributed by atoms with Crippen LogP contribution in [0.4, 0.5) is 0 Å². The van der Waals surface area contributed by atoms with Crippen molar-refractivity contribution in [3.63, 3.8) is 0 Å². The minimum absolute atomic E-state index is 0.0631. The van der Waals surface area contributed by atoms with E-state index in [9.17, 15) is 4.79 Å². The lowest BCUT2D eigenvalue weighted by molar-refractivity contribution is -0.133. The Hall–Kier alpha value is -2.20. The summed E-state index contributed by atoms with van der Waals surface area (Å²) in [6, 6.07) is 1.57. The first kappa shape index (κ1) is 14.9. The maximum absolute atomic E-state index is 12.4. The molecule has 19 heavy (non-hydrogen) atoms. The van der Waals surface area contributed by atoms with Crippen LogP contribution in [0.5, 0.6) is 0 Å². The molecule has 0 saturated carbocycles. The van der Waals surface area contributed by atoms with E-state index < -0.39 is 0 Å². The second-order valence-corrected chi connectivity index (χ2v) is 4.37. The molecular formula is C15H19N3O. The van der Waals surface area contributed by atoms with E-state index in [2.05, 4.69) is 22.9 Å². The average Bonchev–Trinajstić information content (AvgIpc) is 2.72. The highest BCUT2D eigenvalue weighted by atomic mass is 16.2. The van der Waals surface area contributed by atoms with E-state index in [1.54, 1.807) is 16.5 Å². The predicted molar refractivity (Wildman–Crippen MR) is 75.3 cm³/mol. The highest BCUT2D eigenvalue weighted by molar-refractivity contribution is 5.80. The van der Waals surface area contributed by atoms with Gasteiger partial charge in [0.1, 0.15) is 6.04 Å². The number of carbonyl (C=O) groups excluding carboxylic acids is 1. The summed E-state index contributed by atoms with van der Waals surface area (Å²) in [5.74, 6) is 8.07. The minimum Gasteiger partial charge on any atom is -0.319 e. The van der Waals surface area contributed by atoms with Gasteiger partial charge in [-0.2, -0.15) is 5.10 Å². The molecule has 1 aromatic rings. The van der Waals surface area contributed by atoms with Gasteiger partial charge in [0.25, 0.3) is 0 Å². The molecule has 0 aliphatic heterocycles. The number of hydrogen-bond acceptors (Lipinski definition) is 2. The predicted octanol–water partition coefficient (Wildman–Crippen LogP) is 1.55. The van der Waals surface area contributed by atoms with Crippen LogP contribution in [-0.2, 0) is 4.79 Å². The third kappa shape index (κ3) is 3.63. The fourth-order valence-electron chi connectivity index (χ4n) is 1.90. The van der Waals surface area contributed by atoms with Crippen molar-refractivity contribution in [3.05, 3.63) is 17.5 Å². The Morgan fingerprint density at radius 1 is 1.53 bits per heavy atom. The van der Waals surface area contributed by atoms with Crippen molar-refractivity contribution in [1.29, 1.82) is 0 Å². The first-order valence-corrected chi connectivity index (χ1v) is 6.15. The maximum atomic E-state index is 12.4. The van der Waals surface area contributed by atoms with E-state index in [4.69, 9.17) is 6.42 Å². The lowest BCUT2D eigenvalue weighted by Crippen LogP contribution is -2.37. The molecule has 4 nitrogen and oxygen atoms in total. The monoisotopic (exact) mass is 257 g/mol. The van der Waals surface area contributed by atoms with Crippen molar-refractivity contribution in [2.75, 3.05) is 13.1 Å². The fraction of sp³-hybridized carbons (Fsp3) is 0.467. The minimum atomic E-state index is -0.374. The summed E-state index contributed by atoms with van der Waals surface area (Å²) >= 11 is 0. The number of aryl methyl sites for hydroxylation is 2. The highest BCUT2D eigenvalue weighted by Crippen LogP contribution is 2.13. The number of terminal acetylenes is 1. The van der Waals surface area contributed by atoms with Crippen molar-refractivity contribution >= 4 is 5.91 Å². The third-order valence-electron chi connectivity index (χ3n) is 2.81. The van der Waals surface area contributed by atoms with Gasteiger partial charge in [-0.25, -0.2) is 0 Å². The van der Waals surface area contributed by atoms with E-state index in [0.717, 1.165) is 11.4 Å². The molecular weight excluding hydrogens is 238 g/mol. The van der Waals surface area contributed by atoms with Crippen molar-refractivity contribution in [3.8, 4) is 24.2 Å². The van der Waals surface area contributed by atoms with E-state index in [1.807, 2.05) is 26.8 Å². The van der Waals surface area contributed by atoms with Gasteiger partial charge < -0.3 is 4.90 Å². The molecule has 100 valence electrons. The summed E-state index contributed by atoms with van der Waals surface area (Å²) in [7, 11) is 0. The third-order valence-corrected chi connectivity index (χ3v) is 2.81. The molecule has 0 unspecified atom stereocenters. The Kier molecular flexibility index (Phi) is 5.21. The van der Waals surface area contributed by atoms with Crippen LogP contribution in [0.2, 0.25) is 0 Å². The molecule has 1 atom stereocenters. The van der Waals surface area contributed by atoms with Crippen LogP contribution in [-0.4, -0.2) is 33.7 Å². The van der Waals surface area contributed by atoms with E-state index >= 15 is 0 Å². The second-order valence-electron chi connectivity index (χ2n) is 4.37. The standard InChI is InChI=1S/C15H19N3O/c1-6-8-10-17(9-7-2)15(19)14(5)18-13(4)11-12(3)16-18/h2,11,14H,9-10H2,1,3-5H3/t14-/m1/s1. The van der Waals surface area contributed by atoms with Gasteiger partial charge in [-0.1, -0.05) is 11.8 Å². The lowest BCUT2D eigenvalue weighted by Gasteiger charge is -2.22. The lowest BCUT2D eigenvalue weighted by atomic mass is 10.2. The molecule has 0 bridgehead atoms. The largest absolute Gasteiger partial charge is 0.319 e. The molecule has 0 aromatic carbocycles. The van der Waals surface area contributed by atoms with Gasteiger partial charge in [-0.05, 0) is 33.8 Å². The molecule has 1 amide bonds. The molecule has 0 aliphatic rings. The molecule has 0 fully saturated rings. The molecule has 1 rings (SSSR count). The van der Waals surface area contributed by atoms with Crippen LogP contribution in [0.3, 0.4) is 0 Å². The van der Waals surface area contributed by atoms with Gasteiger partial charge in [-0.3, -0.25) is 9.48 Å². The zero-order valence-corrected chi connectivity index (χ0v) is 11.9. The highest BCUT2D eigenvalue weighted by Gasteiger charge is 2.22. The van der Waals surface area contributed by atoms with Gasteiger partial charge in [0.05, 0.1) is 18.8 Å². The fourth-order valence-corrected chi connectivity index (χ4v) is 1.90. The molecule has 0 spiro atoms. The molecule has 1 aromatic heterocycles. The number of nitrogens with zero attached hydrogens (tertiary/aromatic N) is 3. The normalized spacial score (nSPS) is 11.1. The van der Waals surface area contributed by atoms with Gasteiger partial charge >= 0.3 is 0 Å². The Morgan fingerprint density at radius 2 is 2.21 bits per heavy atom. The molecule has 0 saturated heterocycles. The Morgan fingerprint density at radius 3 is 2.68 bits per heavy atom. The topological polar surface area (TPSA) is 38.1 Å². The number of carbonyl (C=O) groups is 1. The van der Waals surface area contributed by atoms with Crippen LogP contribution in [0, 0.1) is 38.0 Å². The Balaban J connectivity index is 2.92. The van der Waals surface area contributed by atoms with Crippen LogP contribution < -0.4 is 0 Å². The SMILES string of the molecule is C#CCN(CC#CC)C(=O)[C@@H](C)n1nc(C)cc1C. The summed E-state index contributed by atoms with van der Waals surface area (Å²) in [5.41, 5.74) is 1.86. The number of amides is 1. The number of aromatic nitrogens is 2. The van der Waals surface area contributed by atoms with E-state index in [0.29, 0.717) is 6.54 Å². The van der Waals surface area contributed by atoms with Crippen LogP contribution in [0.15, 0.2) is 6.07 Å². The van der Waals surface area contributed by atoms with Gasteiger partial charge in [0, 0.05) is 5.69 Å². The Labute approximate surface area is 114 Å². The van der Waals surface area contributed by atoms with Crippen molar-refractivity contribution in [1.82, 2.24) is 14.7 Å². The Bertz CT molecular complexity index is 554. The van der Waals surface area contributed by atoms with E-state index in [-0.39, 0.29) is 18.5 Å². The average molecular weight is 257 g/mol. The smallest absolute Gasteiger partial charge is 0.248 e. The van der Waals surface area contributed by atoms with Crippen LogP contribution in [0.25, 0.3) is 0 Å². The quantitative estimate of drug-likeness (QED) is 0.768. The van der Waals surface area contributed by atoms with Crippen LogP contribution >= 0.6 is 0 Å². The van der Waals surface area contributed by atoms with E-state index in [1.165, 1.54) is 0 Å². The second kappa shape index (κ2) is 6.66. The first-order chi connectivity index (χ1) is 9.01. The van der Waals surface area contributed by atoms with Gasteiger partial charge in [0.15, 0.2) is 0 Å². The summed E-state index contributed by atoms with van der Waals surface area (Å²) in [6.45, 7) is 8.01. The van der Waals surface area contributed by atoms with Crippen molar-refractivity contribution < 1.29 is 4.79 Å². The molecule has 0 N–H and O–H groups in total. The van der Waals surface area contributed by atoms with Crippen molar-refractivity contribution in [2.45, 2.75) is 33.7 Å². The summed E-state index contributed by atoms with van der Waals surface area (Å²) < 4.78 is 1.72. The number of hydrogen-bond donors (Lipinski definition) is 0. The van der Waals surface area contributed by atoms with Crippen LogP contribution in [0.1, 0.15) is 31.3 Å². The van der Waals surface area contributed by atoms with Gasteiger partial charge in [-0.15, -0.1) is 12.3 Å². The van der Waals surface area contributed by atoms with Crippen molar-refractivity contribution in [2.24, 2.45) is 0 Å². The maximum Gasteiger partial charge on any atom is 0.248 e. The van der Waals surface area contributed by atoms with Gasteiger partial charge in [0.2, 0.25) is 5.91 Å². The molecule has 1 heterocycles. The molecule has 0 aliphatic carbocycles. The zero-order valence-electron chi connectivity index (χ0n) is 11.9. The summed E-state index contributed by atoms with van der Waals surface area (Å²) in [4.78, 5) is 14.0. The zero-order chi connectivity index (χ0) is 14.4. The first-order valence-electron chi connectivity index (χ1n) is 6.15. The summed E-state index contributed by atoms with van der Waals surface area (Å²) in [5, 5.41) is 4.34. The molecule has 0 radical (unpaired) electrons. The summed E-state index contributed by atoms with van der Waals surface area (Å²) in [6.07, 6.45) is 5.30.